The zero-order valence-corrected chi connectivity index (χ0v) is 64.9. The highest BCUT2D eigenvalue weighted by Crippen LogP contribution is 2.45. The van der Waals surface area contributed by atoms with Gasteiger partial charge in [0.1, 0.15) is 19.3 Å². The maximum Gasteiger partial charge on any atom is 0.472 e. The fourth-order valence-electron chi connectivity index (χ4n) is 10.6. The van der Waals surface area contributed by atoms with Crippen LogP contribution in [-0.2, 0) is 65.4 Å². The molecule has 3 N–H and O–H groups in total. The second kappa shape index (κ2) is 73.3. The van der Waals surface area contributed by atoms with Crippen molar-refractivity contribution in [3.05, 3.63) is 97.2 Å². The van der Waals surface area contributed by atoms with E-state index in [1.807, 2.05) is 0 Å². The first-order valence-electron chi connectivity index (χ1n) is 39.5. The summed E-state index contributed by atoms with van der Waals surface area (Å²) < 4.78 is 68.5. The Morgan fingerprint density at radius 2 is 0.520 bits per heavy atom. The number of aliphatic hydroxyl groups excluding tert-OH is 1. The van der Waals surface area contributed by atoms with E-state index in [1.54, 1.807) is 0 Å². The molecule has 0 saturated heterocycles. The average Bonchev–Trinajstić information content (AvgIpc) is 0.988. The Balaban J connectivity index is 5.36. The molecule has 0 spiro atoms. The third-order valence-corrected chi connectivity index (χ3v) is 18.4. The Kier molecular flexibility index (Phi) is 70.4. The molecule has 19 heteroatoms. The van der Waals surface area contributed by atoms with E-state index in [0.29, 0.717) is 25.7 Å². The predicted molar refractivity (Wildman–Crippen MR) is 409 cm³/mol. The van der Waals surface area contributed by atoms with Crippen molar-refractivity contribution >= 4 is 39.5 Å². The van der Waals surface area contributed by atoms with Crippen LogP contribution in [0.5, 0.6) is 0 Å². The van der Waals surface area contributed by atoms with Gasteiger partial charge >= 0.3 is 39.5 Å². The van der Waals surface area contributed by atoms with E-state index in [1.165, 1.54) is 89.9 Å². The van der Waals surface area contributed by atoms with Crippen LogP contribution in [0.1, 0.15) is 336 Å². The Morgan fingerprint density at radius 3 is 0.840 bits per heavy atom. The number of ether oxygens (including phenoxy) is 4. The topological polar surface area (TPSA) is 237 Å². The van der Waals surface area contributed by atoms with Crippen LogP contribution >= 0.6 is 15.6 Å². The molecule has 0 bridgehead atoms. The molecule has 5 unspecified atom stereocenters. The molecular weight excluding hydrogens is 1310 g/mol. The lowest BCUT2D eigenvalue weighted by atomic mass is 10.0. The summed E-state index contributed by atoms with van der Waals surface area (Å²) in [6, 6.07) is 0. The molecule has 578 valence electrons. The van der Waals surface area contributed by atoms with E-state index in [2.05, 4.69) is 125 Å². The highest BCUT2D eigenvalue weighted by atomic mass is 31.2. The van der Waals surface area contributed by atoms with Gasteiger partial charge in [0.2, 0.25) is 0 Å². The van der Waals surface area contributed by atoms with Crippen LogP contribution in [0, 0.1) is 0 Å². The van der Waals surface area contributed by atoms with Crippen LogP contribution in [0.4, 0.5) is 0 Å². The molecule has 0 aliphatic heterocycles. The van der Waals surface area contributed by atoms with Gasteiger partial charge in [0, 0.05) is 25.7 Å². The maximum atomic E-state index is 13.1. The van der Waals surface area contributed by atoms with E-state index in [0.717, 1.165) is 167 Å². The molecule has 0 rings (SSSR count). The molecule has 0 fully saturated rings. The minimum Gasteiger partial charge on any atom is -0.462 e. The van der Waals surface area contributed by atoms with Crippen molar-refractivity contribution in [2.45, 2.75) is 354 Å². The largest absolute Gasteiger partial charge is 0.472 e. The van der Waals surface area contributed by atoms with Gasteiger partial charge in [-0.1, -0.05) is 285 Å². The molecule has 0 aliphatic carbocycles. The van der Waals surface area contributed by atoms with Gasteiger partial charge in [-0.2, -0.15) is 0 Å². The second-order valence-corrected chi connectivity index (χ2v) is 29.2. The zero-order chi connectivity index (χ0) is 73.2. The van der Waals surface area contributed by atoms with Crippen molar-refractivity contribution in [3.8, 4) is 0 Å². The van der Waals surface area contributed by atoms with Crippen molar-refractivity contribution in [3.63, 3.8) is 0 Å². The average molecular weight is 1450 g/mol. The lowest BCUT2D eigenvalue weighted by molar-refractivity contribution is -0.161. The number of esters is 4. The number of carbonyl (C=O) groups is 4. The van der Waals surface area contributed by atoms with Gasteiger partial charge in [-0.15, -0.1) is 0 Å². The first-order chi connectivity index (χ1) is 48.7. The Morgan fingerprint density at radius 1 is 0.290 bits per heavy atom. The van der Waals surface area contributed by atoms with Gasteiger partial charge < -0.3 is 33.8 Å². The first-order valence-corrected chi connectivity index (χ1v) is 42.5. The van der Waals surface area contributed by atoms with Gasteiger partial charge in [-0.05, 0) is 122 Å². The predicted octanol–water partition coefficient (Wildman–Crippen LogP) is 22.8. The normalized spacial score (nSPS) is 14.4. The number of unbranched alkanes of at least 4 members (excludes halogenated alkanes) is 32. The Bertz CT molecular complexity index is 2270. The number of hydrogen-bond donors (Lipinski definition) is 3. The van der Waals surface area contributed by atoms with E-state index in [4.69, 9.17) is 37.0 Å². The van der Waals surface area contributed by atoms with E-state index < -0.39 is 97.5 Å². The number of rotatable bonds is 74. The summed E-state index contributed by atoms with van der Waals surface area (Å²) in [6.45, 7) is 4.61. The zero-order valence-electron chi connectivity index (χ0n) is 63.1. The van der Waals surface area contributed by atoms with Crippen LogP contribution in [-0.4, -0.2) is 96.7 Å². The third kappa shape index (κ3) is 72.3. The van der Waals surface area contributed by atoms with E-state index in [9.17, 15) is 43.2 Å². The summed E-state index contributed by atoms with van der Waals surface area (Å²) in [4.78, 5) is 72.9. The third-order valence-electron chi connectivity index (χ3n) is 16.5. The monoisotopic (exact) mass is 1450 g/mol. The smallest absolute Gasteiger partial charge is 0.462 e. The van der Waals surface area contributed by atoms with Crippen molar-refractivity contribution in [2.24, 2.45) is 0 Å². The van der Waals surface area contributed by atoms with E-state index >= 15 is 0 Å². The molecular formula is C81H142O17P2. The molecule has 0 radical (unpaired) electrons. The summed E-state index contributed by atoms with van der Waals surface area (Å²) >= 11 is 0. The first kappa shape index (κ1) is 96.0. The number of allylic oxidation sites excluding steroid dienone is 16. The van der Waals surface area contributed by atoms with Crippen LogP contribution in [0.2, 0.25) is 0 Å². The van der Waals surface area contributed by atoms with Gasteiger partial charge in [-0.3, -0.25) is 37.3 Å². The number of phosphoric ester groups is 2. The molecule has 100 heavy (non-hydrogen) atoms. The van der Waals surface area contributed by atoms with E-state index in [-0.39, 0.29) is 25.7 Å². The van der Waals surface area contributed by atoms with Gasteiger partial charge in [-0.25, -0.2) is 9.13 Å². The van der Waals surface area contributed by atoms with Crippen molar-refractivity contribution in [2.75, 3.05) is 39.6 Å². The summed E-state index contributed by atoms with van der Waals surface area (Å²) in [5.74, 6) is -2.22. The number of phosphoric acid groups is 2. The van der Waals surface area contributed by atoms with Gasteiger partial charge in [0.15, 0.2) is 12.2 Å². The molecule has 0 aromatic heterocycles. The number of carbonyl (C=O) groups excluding carboxylic acids is 4. The quantitative estimate of drug-likeness (QED) is 0.0169. The SMILES string of the molecule is CC/C=C\C/C=C\C/C=C\C/C=C\CCCCC(=O)OCC(COP(=O)(O)OCC(O)COP(=O)(O)OCC(COC(=O)CCCCCCCCC/C=C\C/C=C\C/C=C\CC)OC(=O)CCCCCCC/C=C\CCCCCC)OC(=O)CCCCCCCCCCCCCCCCC. The lowest BCUT2D eigenvalue weighted by Gasteiger charge is -2.21. The molecule has 17 nitrogen and oxygen atoms in total. The van der Waals surface area contributed by atoms with Crippen LogP contribution in [0.25, 0.3) is 0 Å². The molecule has 0 heterocycles. The Hall–Kier alpha value is -4.02. The van der Waals surface area contributed by atoms with Crippen molar-refractivity contribution in [1.29, 1.82) is 0 Å². The molecule has 0 saturated carbocycles. The summed E-state index contributed by atoms with van der Waals surface area (Å²) in [5.41, 5.74) is 0. The maximum absolute atomic E-state index is 13.1. The Labute approximate surface area is 607 Å². The molecule has 5 atom stereocenters. The summed E-state index contributed by atoms with van der Waals surface area (Å²) in [7, 11) is -9.96. The summed E-state index contributed by atoms with van der Waals surface area (Å²) in [6.07, 6.45) is 76.8. The molecule has 0 aromatic rings. The van der Waals surface area contributed by atoms with Crippen LogP contribution < -0.4 is 0 Å². The summed E-state index contributed by atoms with van der Waals surface area (Å²) in [5, 5.41) is 10.6. The molecule has 0 amide bonds. The lowest BCUT2D eigenvalue weighted by Crippen LogP contribution is -2.30. The van der Waals surface area contributed by atoms with Crippen LogP contribution in [0.3, 0.4) is 0 Å². The van der Waals surface area contributed by atoms with Crippen molar-refractivity contribution in [1.82, 2.24) is 0 Å². The number of hydrogen-bond acceptors (Lipinski definition) is 15. The van der Waals surface area contributed by atoms with Gasteiger partial charge in [0.25, 0.3) is 0 Å². The van der Waals surface area contributed by atoms with Gasteiger partial charge in [0.05, 0.1) is 26.4 Å². The minimum atomic E-state index is -4.98. The highest BCUT2D eigenvalue weighted by molar-refractivity contribution is 7.47. The van der Waals surface area contributed by atoms with Crippen LogP contribution in [0.15, 0.2) is 97.2 Å². The fourth-order valence-corrected chi connectivity index (χ4v) is 12.2. The highest BCUT2D eigenvalue weighted by Gasteiger charge is 2.30. The molecule has 0 aliphatic rings. The number of aliphatic hydroxyl groups is 1. The van der Waals surface area contributed by atoms with Crippen molar-refractivity contribution < 1.29 is 80.2 Å². The second-order valence-electron chi connectivity index (χ2n) is 26.2. The standard InChI is InChI=1S/C81H142O17P2/c1-5-9-13-17-21-25-29-33-36-37-40-43-46-50-54-58-62-66-79(84)92-71-76(97-80(85)67-63-59-55-51-47-41-32-28-24-20-16-12-8-4)73-95-99(87,88)93-69-75(82)70-94-100(89,90)96-74-77(98-81(86)68-64-60-56-52-48-44-39-35-31-27-23-19-15-11-7-3)72-91-78(83)65-61-57-53-49-45-42-38-34-30-26-22-18-14-10-6-2/h9-10,13-14,21-22,25-26,28,32-34,36,38,45,49,75-77,82H,5-8,11-12,15-20,23-24,27,29-31,35,37,39-44,46-48,50-74H2,1-4H3,(H,87,88)(H,89,90)/b13-9-,14-10-,25-21-,26-22-,32-28-,36-33-,38-34-,49-45-. The minimum absolute atomic E-state index is 0.0825. The fraction of sp³-hybridized carbons (Fsp3) is 0.753. The molecule has 0 aromatic carbocycles.